The van der Waals surface area contributed by atoms with Crippen LogP contribution in [0.1, 0.15) is 12.6 Å². The van der Waals surface area contributed by atoms with Crippen molar-refractivity contribution >= 4 is 10.9 Å². The van der Waals surface area contributed by atoms with Crippen LogP contribution in [0.3, 0.4) is 0 Å². The molecule has 0 aliphatic heterocycles. The van der Waals surface area contributed by atoms with Gasteiger partial charge >= 0.3 is 0 Å². The van der Waals surface area contributed by atoms with Gasteiger partial charge in [0.1, 0.15) is 0 Å². The number of hydrogen-bond acceptors (Lipinski definition) is 3. The Morgan fingerprint density at radius 2 is 2.18 bits per heavy atom. The van der Waals surface area contributed by atoms with Crippen LogP contribution in [-0.2, 0) is 17.8 Å². The van der Waals surface area contributed by atoms with Gasteiger partial charge in [0.25, 0.3) is 0 Å². The number of ether oxygens (including phenoxy) is 1. The summed E-state index contributed by atoms with van der Waals surface area (Å²) in [6, 6.07) is 8.32. The number of nitrogens with zero attached hydrogens (tertiary/aromatic N) is 2. The molecule has 92 valence electrons. The molecular weight excluding hydrogens is 214 g/mol. The average molecular weight is 233 g/mol. The summed E-state index contributed by atoms with van der Waals surface area (Å²) >= 11 is 0. The Morgan fingerprint density at radius 1 is 1.35 bits per heavy atom. The van der Waals surface area contributed by atoms with Gasteiger partial charge in [-0.3, -0.25) is 4.68 Å². The monoisotopic (exact) mass is 233 g/mol. The summed E-state index contributed by atoms with van der Waals surface area (Å²) in [6.45, 7) is 5.07. The Labute approximate surface area is 102 Å². The van der Waals surface area contributed by atoms with Crippen LogP contribution in [0.2, 0.25) is 0 Å². The van der Waals surface area contributed by atoms with Crippen molar-refractivity contribution in [3.63, 3.8) is 0 Å². The van der Waals surface area contributed by atoms with Crippen molar-refractivity contribution in [3.8, 4) is 0 Å². The van der Waals surface area contributed by atoms with Crippen LogP contribution >= 0.6 is 0 Å². The second-order valence-electron chi connectivity index (χ2n) is 3.91. The van der Waals surface area contributed by atoms with Crippen molar-refractivity contribution in [2.75, 3.05) is 20.3 Å². The number of benzene rings is 1. The first-order chi connectivity index (χ1) is 8.36. The molecule has 0 saturated heterocycles. The van der Waals surface area contributed by atoms with E-state index in [0.717, 1.165) is 25.4 Å². The van der Waals surface area contributed by atoms with Gasteiger partial charge in [-0.05, 0) is 20.0 Å². The van der Waals surface area contributed by atoms with Gasteiger partial charge in [-0.15, -0.1) is 0 Å². The van der Waals surface area contributed by atoms with Crippen LogP contribution in [-0.4, -0.2) is 30.0 Å². The van der Waals surface area contributed by atoms with E-state index in [4.69, 9.17) is 4.74 Å². The predicted molar refractivity (Wildman–Crippen MR) is 69.0 cm³/mol. The van der Waals surface area contributed by atoms with E-state index in [1.165, 1.54) is 10.9 Å². The number of aromatic nitrogens is 2. The Kier molecular flexibility index (Phi) is 4.12. The predicted octanol–water partition coefficient (Wildman–Crippen LogP) is 1.79. The van der Waals surface area contributed by atoms with E-state index < -0.39 is 0 Å². The molecule has 1 aromatic heterocycles. The minimum atomic E-state index is 0.709. The topological polar surface area (TPSA) is 39.1 Å². The molecule has 0 radical (unpaired) electrons. The van der Waals surface area contributed by atoms with E-state index in [9.17, 15) is 0 Å². The quantitative estimate of drug-likeness (QED) is 0.773. The molecule has 2 aromatic rings. The average Bonchev–Trinajstić information content (AvgIpc) is 2.70. The zero-order valence-corrected chi connectivity index (χ0v) is 10.4. The van der Waals surface area contributed by atoms with E-state index >= 15 is 0 Å². The van der Waals surface area contributed by atoms with Crippen molar-refractivity contribution in [2.24, 2.45) is 0 Å². The number of rotatable bonds is 6. The van der Waals surface area contributed by atoms with Crippen molar-refractivity contribution in [1.29, 1.82) is 0 Å². The minimum absolute atomic E-state index is 0.709. The molecule has 1 aromatic carbocycles. The molecule has 0 saturated carbocycles. The summed E-state index contributed by atoms with van der Waals surface area (Å²) in [5.74, 6) is 0. The maximum absolute atomic E-state index is 5.38. The Bertz CT molecular complexity index is 478. The van der Waals surface area contributed by atoms with E-state index in [1.54, 1.807) is 0 Å². The maximum Gasteiger partial charge on any atom is 0.0841 e. The fourth-order valence-corrected chi connectivity index (χ4v) is 1.96. The second-order valence-corrected chi connectivity index (χ2v) is 3.91. The Morgan fingerprint density at radius 3 is 2.94 bits per heavy atom. The first-order valence-electron chi connectivity index (χ1n) is 6.03. The third-order valence-electron chi connectivity index (χ3n) is 2.73. The smallest absolute Gasteiger partial charge is 0.0841 e. The van der Waals surface area contributed by atoms with Crippen LogP contribution in [0.25, 0.3) is 10.9 Å². The number of para-hydroxylation sites is 1. The molecule has 0 aliphatic rings. The fraction of sp³-hybridized carbons (Fsp3) is 0.462. The highest BCUT2D eigenvalue weighted by atomic mass is 16.5. The Balaban J connectivity index is 2.28. The summed E-state index contributed by atoms with van der Waals surface area (Å²) < 4.78 is 7.40. The highest BCUT2D eigenvalue weighted by Gasteiger charge is 2.08. The molecule has 0 amide bonds. The van der Waals surface area contributed by atoms with Gasteiger partial charge in [0.05, 0.1) is 24.4 Å². The lowest BCUT2D eigenvalue weighted by Crippen LogP contribution is -2.09. The van der Waals surface area contributed by atoms with Crippen LogP contribution in [0.4, 0.5) is 0 Å². The van der Waals surface area contributed by atoms with E-state index in [-0.39, 0.29) is 0 Å². The molecule has 1 N–H and O–H groups in total. The molecule has 4 nitrogen and oxygen atoms in total. The van der Waals surface area contributed by atoms with Crippen molar-refractivity contribution in [3.05, 3.63) is 30.0 Å². The molecular formula is C13H19N3O. The van der Waals surface area contributed by atoms with Gasteiger partial charge in [-0.25, -0.2) is 0 Å². The van der Waals surface area contributed by atoms with E-state index in [1.807, 2.05) is 24.7 Å². The maximum atomic E-state index is 5.38. The lowest BCUT2D eigenvalue weighted by molar-refractivity contribution is 0.137. The standard InChI is InChI=1S/C13H19N3O/c1-3-17-9-8-16-13-7-5-4-6-11(13)12(15-16)10-14-2/h4-7,14H,3,8-10H2,1-2H3. The first-order valence-corrected chi connectivity index (χ1v) is 6.03. The van der Waals surface area contributed by atoms with Gasteiger partial charge in [0.2, 0.25) is 0 Å². The van der Waals surface area contributed by atoms with Crippen molar-refractivity contribution in [2.45, 2.75) is 20.0 Å². The molecule has 0 aliphatic carbocycles. The molecule has 1 heterocycles. The normalized spacial score (nSPS) is 11.2. The van der Waals surface area contributed by atoms with E-state index in [2.05, 4.69) is 28.6 Å². The summed E-state index contributed by atoms with van der Waals surface area (Å²) in [5, 5.41) is 9.00. The van der Waals surface area contributed by atoms with E-state index in [0.29, 0.717) is 6.61 Å². The zero-order valence-electron chi connectivity index (χ0n) is 10.4. The van der Waals surface area contributed by atoms with Crippen molar-refractivity contribution < 1.29 is 4.74 Å². The molecule has 0 spiro atoms. The largest absolute Gasteiger partial charge is 0.380 e. The van der Waals surface area contributed by atoms with Gasteiger partial charge < -0.3 is 10.1 Å². The second kappa shape index (κ2) is 5.80. The summed E-state index contributed by atoms with van der Waals surface area (Å²) in [4.78, 5) is 0. The number of nitrogens with one attached hydrogen (secondary N) is 1. The molecule has 0 bridgehead atoms. The summed E-state index contributed by atoms with van der Waals surface area (Å²) in [5.41, 5.74) is 2.28. The molecule has 2 rings (SSSR count). The zero-order chi connectivity index (χ0) is 12.1. The summed E-state index contributed by atoms with van der Waals surface area (Å²) in [6.07, 6.45) is 0. The molecule has 0 fully saturated rings. The SMILES string of the molecule is CCOCCn1nc(CNC)c2ccccc21. The molecule has 4 heteroatoms. The van der Waals surface area contributed by atoms with Gasteiger partial charge in [-0.2, -0.15) is 5.10 Å². The highest BCUT2D eigenvalue weighted by molar-refractivity contribution is 5.81. The van der Waals surface area contributed by atoms with Crippen LogP contribution < -0.4 is 5.32 Å². The molecule has 17 heavy (non-hydrogen) atoms. The van der Waals surface area contributed by atoms with Crippen molar-refractivity contribution in [1.82, 2.24) is 15.1 Å². The van der Waals surface area contributed by atoms with Gasteiger partial charge in [0.15, 0.2) is 0 Å². The lowest BCUT2D eigenvalue weighted by atomic mass is 10.2. The molecule has 0 atom stereocenters. The van der Waals surface area contributed by atoms with Crippen LogP contribution in [0.5, 0.6) is 0 Å². The first kappa shape index (κ1) is 12.1. The molecule has 0 unspecified atom stereocenters. The highest BCUT2D eigenvalue weighted by Crippen LogP contribution is 2.18. The summed E-state index contributed by atoms with van der Waals surface area (Å²) in [7, 11) is 1.94. The fourth-order valence-electron chi connectivity index (χ4n) is 1.96. The lowest BCUT2D eigenvalue weighted by Gasteiger charge is -2.03. The third-order valence-corrected chi connectivity index (χ3v) is 2.73. The number of fused-ring (bicyclic) bond motifs is 1. The van der Waals surface area contributed by atoms with Crippen LogP contribution in [0, 0.1) is 0 Å². The third kappa shape index (κ3) is 2.65. The van der Waals surface area contributed by atoms with Gasteiger partial charge in [-0.1, -0.05) is 18.2 Å². The van der Waals surface area contributed by atoms with Gasteiger partial charge in [0, 0.05) is 18.5 Å². The Hall–Kier alpha value is -1.39. The number of hydrogen-bond donors (Lipinski definition) is 1. The van der Waals surface area contributed by atoms with Crippen LogP contribution in [0.15, 0.2) is 24.3 Å². The minimum Gasteiger partial charge on any atom is -0.380 e.